The summed E-state index contributed by atoms with van der Waals surface area (Å²) in [6, 6.07) is 9.72. The zero-order valence-electron chi connectivity index (χ0n) is 15.0. The highest BCUT2D eigenvalue weighted by Gasteiger charge is 2.22. The quantitative estimate of drug-likeness (QED) is 0.866. The molecule has 0 spiro atoms. The van der Waals surface area contributed by atoms with Crippen molar-refractivity contribution in [3.8, 4) is 11.5 Å². The maximum atomic E-state index is 10.1. The summed E-state index contributed by atoms with van der Waals surface area (Å²) in [5, 5.41) is 19.9. The maximum Gasteiger partial charge on any atom is 0.137 e. The van der Waals surface area contributed by atoms with Crippen LogP contribution in [-0.4, -0.2) is 53.2 Å². The Bertz CT molecular complexity index is 819. The first-order valence-corrected chi connectivity index (χ1v) is 9.35. The maximum absolute atomic E-state index is 10.1. The molecule has 0 aromatic heterocycles. The van der Waals surface area contributed by atoms with Gasteiger partial charge in [0, 0.05) is 63.1 Å². The molecule has 2 aromatic carbocycles. The Balaban J connectivity index is 1.47. The Kier molecular flexibility index (Phi) is 4.69. The molecule has 0 unspecified atom stereocenters. The van der Waals surface area contributed by atoms with Gasteiger partial charge in [-0.05, 0) is 36.4 Å². The van der Waals surface area contributed by atoms with Crippen molar-refractivity contribution in [1.82, 2.24) is 9.80 Å². The Morgan fingerprint density at radius 2 is 1.65 bits per heavy atom. The van der Waals surface area contributed by atoms with Crippen molar-refractivity contribution in [2.45, 2.75) is 19.6 Å². The number of aromatic hydroxyl groups is 2. The molecule has 2 aliphatic heterocycles. The molecule has 0 aliphatic carbocycles. The van der Waals surface area contributed by atoms with Gasteiger partial charge in [-0.3, -0.25) is 4.90 Å². The van der Waals surface area contributed by atoms with E-state index in [2.05, 4.69) is 39.9 Å². The fourth-order valence-electron chi connectivity index (χ4n) is 3.78. The van der Waals surface area contributed by atoms with Crippen molar-refractivity contribution < 1.29 is 10.2 Å². The van der Waals surface area contributed by atoms with Gasteiger partial charge in [0.25, 0.3) is 0 Å². The monoisotopic (exact) mass is 373 g/mol. The fourth-order valence-corrected chi connectivity index (χ4v) is 3.97. The van der Waals surface area contributed by atoms with Gasteiger partial charge in [0.15, 0.2) is 0 Å². The third-order valence-corrected chi connectivity index (χ3v) is 5.69. The van der Waals surface area contributed by atoms with E-state index in [9.17, 15) is 10.2 Å². The van der Waals surface area contributed by atoms with Crippen LogP contribution in [-0.2, 0) is 19.6 Å². The summed E-state index contributed by atoms with van der Waals surface area (Å²) in [5.74, 6) is -0.00424. The summed E-state index contributed by atoms with van der Waals surface area (Å²) in [7, 11) is 2.17. The highest BCUT2D eigenvalue weighted by atomic mass is 35.5. The minimum absolute atomic E-state index is 0.0842. The first kappa shape index (κ1) is 17.5. The molecule has 138 valence electrons. The number of piperazine rings is 1. The molecule has 5 nitrogen and oxygen atoms in total. The average Bonchev–Trinajstić information content (AvgIpc) is 3.02. The molecular formula is C20H24ClN3O2. The molecule has 6 heteroatoms. The van der Waals surface area contributed by atoms with Gasteiger partial charge in [0.2, 0.25) is 0 Å². The second-order valence-corrected chi connectivity index (χ2v) is 7.73. The number of benzene rings is 2. The normalized spacial score (nSPS) is 18.3. The van der Waals surface area contributed by atoms with Crippen LogP contribution < -0.4 is 4.90 Å². The number of fused-ring (bicyclic) bond motifs is 1. The Hall–Kier alpha value is -1.95. The van der Waals surface area contributed by atoms with Gasteiger partial charge in [-0.2, -0.15) is 0 Å². The summed E-state index contributed by atoms with van der Waals surface area (Å²) in [4.78, 5) is 7.09. The number of hydrogen-bond acceptors (Lipinski definition) is 5. The number of rotatable bonds is 3. The summed E-state index contributed by atoms with van der Waals surface area (Å²) >= 11 is 5.99. The van der Waals surface area contributed by atoms with Crippen molar-refractivity contribution >= 4 is 17.3 Å². The molecule has 2 heterocycles. The lowest BCUT2D eigenvalue weighted by Gasteiger charge is -2.34. The van der Waals surface area contributed by atoms with Crippen LogP contribution in [0.25, 0.3) is 0 Å². The topological polar surface area (TPSA) is 50.2 Å². The van der Waals surface area contributed by atoms with E-state index in [1.807, 2.05) is 0 Å². The number of likely N-dealkylation sites (N-methyl/N-ethyl adjacent to an activating group) is 1. The summed E-state index contributed by atoms with van der Waals surface area (Å²) < 4.78 is 0. The van der Waals surface area contributed by atoms with Gasteiger partial charge in [-0.25, -0.2) is 0 Å². The predicted octanol–water partition coefficient (Wildman–Crippen LogP) is 3.02. The van der Waals surface area contributed by atoms with E-state index in [0.717, 1.165) is 44.8 Å². The number of hydrogen-bond donors (Lipinski definition) is 2. The van der Waals surface area contributed by atoms with Crippen LogP contribution in [0.1, 0.15) is 16.7 Å². The Morgan fingerprint density at radius 3 is 2.42 bits per heavy atom. The van der Waals surface area contributed by atoms with Crippen LogP contribution in [0.2, 0.25) is 5.02 Å². The van der Waals surface area contributed by atoms with Gasteiger partial charge in [0.1, 0.15) is 11.5 Å². The minimum Gasteiger partial charge on any atom is -0.507 e. The van der Waals surface area contributed by atoms with Gasteiger partial charge >= 0.3 is 0 Å². The lowest BCUT2D eigenvalue weighted by Crippen LogP contribution is -2.44. The van der Waals surface area contributed by atoms with Crippen molar-refractivity contribution in [2.75, 3.05) is 38.1 Å². The third-order valence-electron chi connectivity index (χ3n) is 5.39. The zero-order chi connectivity index (χ0) is 18.3. The molecular weight excluding hydrogens is 350 g/mol. The number of phenols is 2. The SMILES string of the molecule is CN1CCN(c2ccc3c(c2)CN(Cc2cc(Cl)c(O)cc2O)C3)CC1. The Morgan fingerprint density at radius 1 is 0.923 bits per heavy atom. The molecule has 26 heavy (non-hydrogen) atoms. The second-order valence-electron chi connectivity index (χ2n) is 7.32. The van der Waals surface area contributed by atoms with E-state index >= 15 is 0 Å². The van der Waals surface area contributed by atoms with Crippen LogP contribution in [0.5, 0.6) is 11.5 Å². The smallest absolute Gasteiger partial charge is 0.137 e. The number of anilines is 1. The molecule has 0 saturated carbocycles. The van der Waals surface area contributed by atoms with Crippen LogP contribution in [0.3, 0.4) is 0 Å². The molecule has 0 amide bonds. The third kappa shape index (κ3) is 3.47. The molecule has 0 bridgehead atoms. The van der Waals surface area contributed by atoms with E-state index in [1.54, 1.807) is 6.07 Å². The largest absolute Gasteiger partial charge is 0.507 e. The van der Waals surface area contributed by atoms with Crippen molar-refractivity contribution in [1.29, 1.82) is 0 Å². The molecule has 2 N–H and O–H groups in total. The second kappa shape index (κ2) is 6.99. The standard InChI is InChI=1S/C20H24ClN3O2/c1-22-4-6-24(7-5-22)17-3-2-14-11-23(12-15(14)8-17)13-16-9-18(21)20(26)10-19(16)25/h2-3,8-10,25-26H,4-7,11-13H2,1H3. The average molecular weight is 374 g/mol. The molecule has 1 fully saturated rings. The molecule has 1 saturated heterocycles. The summed E-state index contributed by atoms with van der Waals surface area (Å²) in [6.45, 7) is 6.65. The number of halogens is 1. The molecule has 2 aliphatic rings. The number of phenolic OH excluding ortho intramolecular Hbond substituents is 2. The van der Waals surface area contributed by atoms with E-state index in [0.29, 0.717) is 6.54 Å². The van der Waals surface area contributed by atoms with Crippen LogP contribution >= 0.6 is 11.6 Å². The van der Waals surface area contributed by atoms with Crippen molar-refractivity contribution in [3.05, 3.63) is 52.0 Å². The van der Waals surface area contributed by atoms with Crippen LogP contribution in [0.15, 0.2) is 30.3 Å². The number of nitrogens with zero attached hydrogens (tertiary/aromatic N) is 3. The summed E-state index contributed by atoms with van der Waals surface area (Å²) in [6.07, 6.45) is 0. The first-order valence-electron chi connectivity index (χ1n) is 8.97. The molecule has 0 radical (unpaired) electrons. The van der Waals surface area contributed by atoms with Gasteiger partial charge < -0.3 is 20.0 Å². The summed E-state index contributed by atoms with van der Waals surface area (Å²) in [5.41, 5.74) is 4.73. The molecule has 2 aromatic rings. The van der Waals surface area contributed by atoms with Crippen molar-refractivity contribution in [3.63, 3.8) is 0 Å². The lowest BCUT2D eigenvalue weighted by atomic mass is 10.1. The minimum atomic E-state index is -0.0885. The predicted molar refractivity (Wildman–Crippen MR) is 104 cm³/mol. The van der Waals surface area contributed by atoms with E-state index < -0.39 is 0 Å². The van der Waals surface area contributed by atoms with Gasteiger partial charge in [-0.15, -0.1) is 0 Å². The van der Waals surface area contributed by atoms with Crippen LogP contribution in [0, 0.1) is 0 Å². The lowest BCUT2D eigenvalue weighted by molar-refractivity contribution is 0.271. The first-order chi connectivity index (χ1) is 12.5. The van der Waals surface area contributed by atoms with Crippen LogP contribution in [0.4, 0.5) is 5.69 Å². The highest BCUT2D eigenvalue weighted by molar-refractivity contribution is 6.32. The highest BCUT2D eigenvalue weighted by Crippen LogP contribution is 2.34. The Labute approximate surface area is 159 Å². The van der Waals surface area contributed by atoms with Gasteiger partial charge in [-0.1, -0.05) is 17.7 Å². The fraction of sp³-hybridized carbons (Fsp3) is 0.400. The van der Waals surface area contributed by atoms with Gasteiger partial charge in [0.05, 0.1) is 5.02 Å². The van der Waals surface area contributed by atoms with Crippen molar-refractivity contribution in [2.24, 2.45) is 0 Å². The van der Waals surface area contributed by atoms with E-state index in [4.69, 9.17) is 11.6 Å². The zero-order valence-corrected chi connectivity index (χ0v) is 15.7. The molecule has 0 atom stereocenters. The molecule has 4 rings (SSSR count). The van der Waals surface area contributed by atoms with E-state index in [1.165, 1.54) is 22.9 Å². The van der Waals surface area contributed by atoms with E-state index in [-0.39, 0.29) is 16.5 Å².